The van der Waals surface area contributed by atoms with Gasteiger partial charge in [0.05, 0.1) is 5.92 Å². The standard InChI is InChI=1S/C25H28ClN3O4/c26-21-6-4-19(5-7-21)24(30)29-9-1-2-20(16-29)25(31)28-12-10-27(11-13-28)15-18-3-8-22-23(14-18)33-17-32-22/h3-8,14,20H,1-2,9-13,15-17H2/t20-/m0/s1. The molecule has 0 N–H and O–H groups in total. The van der Waals surface area contributed by atoms with Gasteiger partial charge in [0.25, 0.3) is 5.91 Å². The maximum atomic E-state index is 13.2. The SMILES string of the molecule is O=C(c1ccc(Cl)cc1)N1CCC[C@H](C(=O)N2CCN(Cc3ccc4c(c3)OCO4)CC2)C1. The summed E-state index contributed by atoms with van der Waals surface area (Å²) in [6.45, 7) is 5.37. The number of carbonyl (C=O) groups is 2. The third kappa shape index (κ3) is 4.94. The van der Waals surface area contributed by atoms with Crippen LogP contribution in [0.2, 0.25) is 5.02 Å². The summed E-state index contributed by atoms with van der Waals surface area (Å²) >= 11 is 5.94. The van der Waals surface area contributed by atoms with E-state index in [1.54, 1.807) is 24.3 Å². The molecule has 0 unspecified atom stereocenters. The van der Waals surface area contributed by atoms with E-state index in [2.05, 4.69) is 11.0 Å². The number of nitrogens with zero attached hydrogens (tertiary/aromatic N) is 3. The maximum absolute atomic E-state index is 13.2. The van der Waals surface area contributed by atoms with Gasteiger partial charge in [-0.25, -0.2) is 0 Å². The van der Waals surface area contributed by atoms with Crippen LogP contribution in [0, 0.1) is 5.92 Å². The van der Waals surface area contributed by atoms with Gasteiger partial charge in [-0.15, -0.1) is 0 Å². The van der Waals surface area contributed by atoms with E-state index in [1.807, 2.05) is 21.9 Å². The molecule has 0 aliphatic carbocycles. The highest BCUT2D eigenvalue weighted by Gasteiger charge is 2.33. The average Bonchev–Trinajstić information content (AvgIpc) is 3.32. The zero-order valence-corrected chi connectivity index (χ0v) is 19.3. The molecule has 3 aliphatic heterocycles. The molecule has 0 bridgehead atoms. The van der Waals surface area contributed by atoms with Gasteiger partial charge in [0.2, 0.25) is 12.7 Å². The lowest BCUT2D eigenvalue weighted by Gasteiger charge is -2.39. The summed E-state index contributed by atoms with van der Waals surface area (Å²) in [5.74, 6) is 1.61. The second-order valence-electron chi connectivity index (χ2n) is 8.89. The van der Waals surface area contributed by atoms with Gasteiger partial charge in [-0.3, -0.25) is 14.5 Å². The molecule has 2 aromatic carbocycles. The van der Waals surface area contributed by atoms with Crippen molar-refractivity contribution < 1.29 is 19.1 Å². The molecular weight excluding hydrogens is 442 g/mol. The number of halogens is 1. The molecule has 1 atom stereocenters. The van der Waals surface area contributed by atoms with Crippen molar-refractivity contribution in [3.63, 3.8) is 0 Å². The second-order valence-corrected chi connectivity index (χ2v) is 9.32. The predicted molar refractivity (Wildman–Crippen MR) is 125 cm³/mol. The minimum absolute atomic E-state index is 0.0299. The van der Waals surface area contributed by atoms with Crippen LogP contribution in [0.4, 0.5) is 0 Å². The van der Waals surface area contributed by atoms with Gasteiger partial charge >= 0.3 is 0 Å². The van der Waals surface area contributed by atoms with Gasteiger partial charge in [-0.1, -0.05) is 17.7 Å². The van der Waals surface area contributed by atoms with Crippen molar-refractivity contribution >= 4 is 23.4 Å². The molecule has 174 valence electrons. The van der Waals surface area contributed by atoms with E-state index >= 15 is 0 Å². The number of carbonyl (C=O) groups excluding carboxylic acids is 2. The van der Waals surface area contributed by atoms with Gasteiger partial charge < -0.3 is 19.3 Å². The molecular formula is C25H28ClN3O4. The fourth-order valence-corrected chi connectivity index (χ4v) is 4.95. The lowest BCUT2D eigenvalue weighted by molar-refractivity contribution is -0.138. The maximum Gasteiger partial charge on any atom is 0.253 e. The fourth-order valence-electron chi connectivity index (χ4n) is 4.82. The Morgan fingerprint density at radius 2 is 1.67 bits per heavy atom. The molecule has 2 amide bonds. The first kappa shape index (κ1) is 22.0. The van der Waals surface area contributed by atoms with Gasteiger partial charge in [0.15, 0.2) is 11.5 Å². The summed E-state index contributed by atoms with van der Waals surface area (Å²) in [4.78, 5) is 32.2. The van der Waals surface area contributed by atoms with Crippen molar-refractivity contribution in [2.45, 2.75) is 19.4 Å². The smallest absolute Gasteiger partial charge is 0.253 e. The van der Waals surface area contributed by atoms with Crippen molar-refractivity contribution in [3.8, 4) is 11.5 Å². The molecule has 5 rings (SSSR count). The molecule has 0 aromatic heterocycles. The van der Waals surface area contributed by atoms with Crippen LogP contribution in [-0.4, -0.2) is 72.6 Å². The van der Waals surface area contributed by atoms with Crippen molar-refractivity contribution in [1.29, 1.82) is 0 Å². The van der Waals surface area contributed by atoms with Crippen LogP contribution >= 0.6 is 11.6 Å². The number of amides is 2. The van der Waals surface area contributed by atoms with E-state index in [9.17, 15) is 9.59 Å². The molecule has 0 spiro atoms. The summed E-state index contributed by atoms with van der Waals surface area (Å²) < 4.78 is 10.9. The minimum atomic E-state index is -0.129. The van der Waals surface area contributed by atoms with Crippen LogP contribution in [0.5, 0.6) is 11.5 Å². The summed E-state index contributed by atoms with van der Waals surface area (Å²) in [5, 5.41) is 0.607. The van der Waals surface area contributed by atoms with Crippen LogP contribution in [0.1, 0.15) is 28.8 Å². The lowest BCUT2D eigenvalue weighted by atomic mass is 9.95. The van der Waals surface area contributed by atoms with Crippen molar-refractivity contribution in [1.82, 2.24) is 14.7 Å². The monoisotopic (exact) mass is 469 g/mol. The van der Waals surface area contributed by atoms with E-state index < -0.39 is 0 Å². The Kier molecular flexibility index (Phi) is 6.42. The topological polar surface area (TPSA) is 62.3 Å². The van der Waals surface area contributed by atoms with E-state index in [4.69, 9.17) is 21.1 Å². The molecule has 2 saturated heterocycles. The number of ether oxygens (including phenoxy) is 2. The first-order valence-electron chi connectivity index (χ1n) is 11.5. The molecule has 2 fully saturated rings. The second kappa shape index (κ2) is 9.61. The molecule has 7 nitrogen and oxygen atoms in total. The molecule has 3 aliphatic rings. The Hall–Kier alpha value is -2.77. The Balaban J connectivity index is 1.13. The summed E-state index contributed by atoms with van der Waals surface area (Å²) in [6.07, 6.45) is 1.68. The fraction of sp³-hybridized carbons (Fsp3) is 0.440. The number of likely N-dealkylation sites (tertiary alicyclic amines) is 1. The summed E-state index contributed by atoms with van der Waals surface area (Å²) in [5.41, 5.74) is 1.80. The minimum Gasteiger partial charge on any atom is -0.454 e. The summed E-state index contributed by atoms with van der Waals surface area (Å²) in [7, 11) is 0. The summed E-state index contributed by atoms with van der Waals surface area (Å²) in [6, 6.07) is 13.0. The molecule has 8 heteroatoms. The zero-order chi connectivity index (χ0) is 22.8. The normalized spacial score (nSPS) is 20.7. The number of fused-ring (bicyclic) bond motifs is 1. The van der Waals surface area contributed by atoms with Crippen molar-refractivity contribution in [3.05, 3.63) is 58.6 Å². The molecule has 2 aromatic rings. The van der Waals surface area contributed by atoms with Gasteiger partial charge in [-0.05, 0) is 54.8 Å². The van der Waals surface area contributed by atoms with Crippen LogP contribution in [0.15, 0.2) is 42.5 Å². The van der Waals surface area contributed by atoms with E-state index in [0.29, 0.717) is 36.8 Å². The zero-order valence-electron chi connectivity index (χ0n) is 18.5. The van der Waals surface area contributed by atoms with Crippen LogP contribution in [0.25, 0.3) is 0 Å². The lowest BCUT2D eigenvalue weighted by Crippen LogP contribution is -2.52. The van der Waals surface area contributed by atoms with Crippen molar-refractivity contribution in [2.75, 3.05) is 46.1 Å². The molecule has 33 heavy (non-hydrogen) atoms. The highest BCUT2D eigenvalue weighted by molar-refractivity contribution is 6.30. The Bertz CT molecular complexity index is 1020. The number of benzene rings is 2. The van der Waals surface area contributed by atoms with Crippen LogP contribution < -0.4 is 9.47 Å². The first-order chi connectivity index (χ1) is 16.1. The van der Waals surface area contributed by atoms with E-state index in [0.717, 1.165) is 44.0 Å². The van der Waals surface area contributed by atoms with Gasteiger partial charge in [0, 0.05) is 56.4 Å². The van der Waals surface area contributed by atoms with Crippen molar-refractivity contribution in [2.24, 2.45) is 5.92 Å². The third-order valence-electron chi connectivity index (χ3n) is 6.68. The predicted octanol–water partition coefficient (Wildman–Crippen LogP) is 3.27. The largest absolute Gasteiger partial charge is 0.454 e. The number of piperazine rings is 1. The Morgan fingerprint density at radius 1 is 0.909 bits per heavy atom. The molecule has 0 saturated carbocycles. The van der Waals surface area contributed by atoms with Crippen LogP contribution in [0.3, 0.4) is 0 Å². The van der Waals surface area contributed by atoms with E-state index in [1.165, 1.54) is 5.56 Å². The Morgan fingerprint density at radius 3 is 2.45 bits per heavy atom. The third-order valence-corrected chi connectivity index (χ3v) is 6.93. The number of hydrogen-bond donors (Lipinski definition) is 0. The first-order valence-corrected chi connectivity index (χ1v) is 11.9. The highest BCUT2D eigenvalue weighted by Crippen LogP contribution is 2.33. The number of hydrogen-bond acceptors (Lipinski definition) is 5. The van der Waals surface area contributed by atoms with Gasteiger partial charge in [0.1, 0.15) is 0 Å². The highest BCUT2D eigenvalue weighted by atomic mass is 35.5. The quantitative estimate of drug-likeness (QED) is 0.687. The number of rotatable bonds is 4. The van der Waals surface area contributed by atoms with E-state index in [-0.39, 0.29) is 24.5 Å². The average molecular weight is 470 g/mol. The van der Waals surface area contributed by atoms with Gasteiger partial charge in [-0.2, -0.15) is 0 Å². The number of piperidine rings is 1. The molecule has 3 heterocycles. The van der Waals surface area contributed by atoms with Crippen LogP contribution in [-0.2, 0) is 11.3 Å². The Labute approximate surface area is 198 Å². The molecule has 0 radical (unpaired) electrons.